The van der Waals surface area contributed by atoms with E-state index >= 15 is 0 Å². The molecule has 1 saturated heterocycles. The predicted octanol–water partition coefficient (Wildman–Crippen LogP) is 2.38. The van der Waals surface area contributed by atoms with Crippen LogP contribution in [0.15, 0.2) is 0 Å². The standard InChI is InChI=1S/C10H17F3N2O/c1-8-3-2-5-15(6-4-8)9(16)14-7-10(11,12)13/h8H,2-7H2,1H3,(H,14,16). The number of alkyl halides is 3. The van der Waals surface area contributed by atoms with Gasteiger partial charge in [-0.05, 0) is 25.2 Å². The molecule has 1 heterocycles. The lowest BCUT2D eigenvalue weighted by Gasteiger charge is -2.21. The quantitative estimate of drug-likeness (QED) is 0.747. The van der Waals surface area contributed by atoms with E-state index in [0.717, 1.165) is 19.3 Å². The highest BCUT2D eigenvalue weighted by atomic mass is 19.4. The lowest BCUT2D eigenvalue weighted by molar-refractivity contribution is -0.123. The summed E-state index contributed by atoms with van der Waals surface area (Å²) in [7, 11) is 0. The Morgan fingerprint density at radius 1 is 1.38 bits per heavy atom. The maximum Gasteiger partial charge on any atom is 0.405 e. The first-order chi connectivity index (χ1) is 7.38. The van der Waals surface area contributed by atoms with Crippen LogP contribution in [0.5, 0.6) is 0 Å². The van der Waals surface area contributed by atoms with E-state index in [-0.39, 0.29) is 0 Å². The largest absolute Gasteiger partial charge is 0.405 e. The van der Waals surface area contributed by atoms with E-state index in [0.29, 0.717) is 19.0 Å². The number of carbonyl (C=O) groups excluding carboxylic acids is 1. The monoisotopic (exact) mass is 238 g/mol. The van der Waals surface area contributed by atoms with Crippen LogP contribution in [0.1, 0.15) is 26.2 Å². The van der Waals surface area contributed by atoms with Crippen LogP contribution in [0, 0.1) is 5.92 Å². The second-order valence-corrected chi connectivity index (χ2v) is 4.30. The molecule has 0 saturated carbocycles. The first-order valence-corrected chi connectivity index (χ1v) is 5.48. The number of carbonyl (C=O) groups is 1. The Hall–Kier alpha value is -0.940. The summed E-state index contributed by atoms with van der Waals surface area (Å²) in [6.07, 6.45) is -1.59. The maximum absolute atomic E-state index is 11.9. The Kier molecular flexibility index (Phi) is 4.44. The van der Waals surface area contributed by atoms with Crippen LogP contribution in [-0.2, 0) is 0 Å². The highest BCUT2D eigenvalue weighted by molar-refractivity contribution is 5.74. The minimum Gasteiger partial charge on any atom is -0.329 e. The predicted molar refractivity (Wildman–Crippen MR) is 54.0 cm³/mol. The van der Waals surface area contributed by atoms with Gasteiger partial charge in [0.25, 0.3) is 0 Å². The van der Waals surface area contributed by atoms with Gasteiger partial charge in [0.15, 0.2) is 0 Å². The Labute approximate surface area is 93.0 Å². The highest BCUT2D eigenvalue weighted by Crippen LogP contribution is 2.17. The molecule has 0 aromatic rings. The number of nitrogens with zero attached hydrogens (tertiary/aromatic N) is 1. The fourth-order valence-electron chi connectivity index (χ4n) is 1.75. The molecule has 2 amide bonds. The fourth-order valence-corrected chi connectivity index (χ4v) is 1.75. The molecule has 3 nitrogen and oxygen atoms in total. The minimum absolute atomic E-state index is 0.542. The molecule has 94 valence electrons. The molecule has 0 aromatic carbocycles. The number of urea groups is 1. The Bertz CT molecular complexity index is 243. The zero-order valence-corrected chi connectivity index (χ0v) is 9.31. The molecular formula is C10H17F3N2O. The van der Waals surface area contributed by atoms with Crippen molar-refractivity contribution < 1.29 is 18.0 Å². The number of hydrogen-bond acceptors (Lipinski definition) is 1. The third-order valence-electron chi connectivity index (χ3n) is 2.74. The third-order valence-corrected chi connectivity index (χ3v) is 2.74. The molecule has 0 spiro atoms. The van der Waals surface area contributed by atoms with Gasteiger partial charge in [-0.25, -0.2) is 4.79 Å². The molecule has 0 bridgehead atoms. The van der Waals surface area contributed by atoms with Crippen molar-refractivity contribution in [1.29, 1.82) is 0 Å². The van der Waals surface area contributed by atoms with Crippen molar-refractivity contribution in [3.63, 3.8) is 0 Å². The van der Waals surface area contributed by atoms with Crippen LogP contribution in [0.2, 0.25) is 0 Å². The molecule has 0 aliphatic carbocycles. The lowest BCUT2D eigenvalue weighted by Crippen LogP contribution is -2.44. The maximum atomic E-state index is 11.9. The van der Waals surface area contributed by atoms with Crippen molar-refractivity contribution in [2.75, 3.05) is 19.6 Å². The Morgan fingerprint density at radius 3 is 2.69 bits per heavy atom. The zero-order chi connectivity index (χ0) is 12.2. The van der Waals surface area contributed by atoms with Gasteiger partial charge in [-0.2, -0.15) is 13.2 Å². The van der Waals surface area contributed by atoms with Gasteiger partial charge in [0.1, 0.15) is 6.54 Å². The molecule has 6 heteroatoms. The van der Waals surface area contributed by atoms with Crippen LogP contribution < -0.4 is 5.32 Å². The van der Waals surface area contributed by atoms with E-state index in [1.165, 1.54) is 4.90 Å². The first kappa shape index (κ1) is 13.1. The number of nitrogens with one attached hydrogen (secondary N) is 1. The zero-order valence-electron chi connectivity index (χ0n) is 9.31. The van der Waals surface area contributed by atoms with Crippen LogP contribution in [-0.4, -0.2) is 36.7 Å². The summed E-state index contributed by atoms with van der Waals surface area (Å²) in [5.74, 6) is 0.542. The van der Waals surface area contributed by atoms with Crippen molar-refractivity contribution in [2.45, 2.75) is 32.4 Å². The number of halogens is 3. The van der Waals surface area contributed by atoms with Gasteiger partial charge in [0.05, 0.1) is 0 Å². The number of rotatable bonds is 1. The average molecular weight is 238 g/mol. The molecule has 1 aliphatic heterocycles. The summed E-state index contributed by atoms with van der Waals surface area (Å²) in [5, 5.41) is 1.90. The van der Waals surface area contributed by atoms with Crippen LogP contribution in [0.3, 0.4) is 0 Å². The van der Waals surface area contributed by atoms with Gasteiger partial charge < -0.3 is 10.2 Å². The molecule has 1 aliphatic rings. The Morgan fingerprint density at radius 2 is 2.06 bits per heavy atom. The van der Waals surface area contributed by atoms with Gasteiger partial charge in [0, 0.05) is 13.1 Å². The third kappa shape index (κ3) is 4.72. The molecule has 0 radical (unpaired) electrons. The molecule has 1 atom stereocenters. The van der Waals surface area contributed by atoms with Crippen LogP contribution in [0.4, 0.5) is 18.0 Å². The summed E-state index contributed by atoms with van der Waals surface area (Å²) in [6.45, 7) is 1.94. The summed E-state index contributed by atoms with van der Waals surface area (Å²) < 4.78 is 35.7. The Balaban J connectivity index is 2.35. The second-order valence-electron chi connectivity index (χ2n) is 4.30. The van der Waals surface area contributed by atoms with E-state index in [9.17, 15) is 18.0 Å². The topological polar surface area (TPSA) is 32.3 Å². The number of hydrogen-bond donors (Lipinski definition) is 1. The van der Waals surface area contributed by atoms with Gasteiger partial charge in [-0.1, -0.05) is 6.92 Å². The number of amides is 2. The van der Waals surface area contributed by atoms with Gasteiger partial charge in [-0.3, -0.25) is 0 Å². The molecule has 16 heavy (non-hydrogen) atoms. The van der Waals surface area contributed by atoms with E-state index in [1.54, 1.807) is 0 Å². The summed E-state index contributed by atoms with van der Waals surface area (Å²) in [4.78, 5) is 12.9. The lowest BCUT2D eigenvalue weighted by atomic mass is 10.0. The smallest absolute Gasteiger partial charge is 0.329 e. The second kappa shape index (κ2) is 5.41. The molecule has 1 rings (SSSR count). The van der Waals surface area contributed by atoms with E-state index in [1.807, 2.05) is 5.32 Å². The minimum atomic E-state index is -4.34. The van der Waals surface area contributed by atoms with E-state index in [4.69, 9.17) is 0 Å². The van der Waals surface area contributed by atoms with Gasteiger partial charge in [0.2, 0.25) is 0 Å². The normalized spacial score (nSPS) is 22.8. The summed E-state index contributed by atoms with van der Waals surface area (Å²) in [6, 6.07) is -0.605. The van der Waals surface area contributed by atoms with E-state index < -0.39 is 18.8 Å². The van der Waals surface area contributed by atoms with E-state index in [2.05, 4.69) is 6.92 Å². The molecular weight excluding hydrogens is 221 g/mol. The SMILES string of the molecule is CC1CCCN(C(=O)NCC(F)(F)F)CC1. The molecule has 1 unspecified atom stereocenters. The van der Waals surface area contributed by atoms with Crippen LogP contribution in [0.25, 0.3) is 0 Å². The van der Waals surface area contributed by atoms with Crippen molar-refractivity contribution in [3.8, 4) is 0 Å². The molecule has 0 aromatic heterocycles. The van der Waals surface area contributed by atoms with Crippen molar-refractivity contribution in [1.82, 2.24) is 10.2 Å². The highest BCUT2D eigenvalue weighted by Gasteiger charge is 2.29. The van der Waals surface area contributed by atoms with Crippen LogP contribution >= 0.6 is 0 Å². The summed E-state index contributed by atoms with van der Waals surface area (Å²) in [5.41, 5.74) is 0. The average Bonchev–Trinajstić information content (AvgIpc) is 2.38. The number of likely N-dealkylation sites (tertiary alicyclic amines) is 1. The van der Waals surface area contributed by atoms with Crippen molar-refractivity contribution in [2.24, 2.45) is 5.92 Å². The van der Waals surface area contributed by atoms with Crippen molar-refractivity contribution in [3.05, 3.63) is 0 Å². The molecule has 1 fully saturated rings. The van der Waals surface area contributed by atoms with Crippen molar-refractivity contribution >= 4 is 6.03 Å². The molecule has 1 N–H and O–H groups in total. The fraction of sp³-hybridized carbons (Fsp3) is 0.900. The van der Waals surface area contributed by atoms with Gasteiger partial charge >= 0.3 is 12.2 Å². The van der Waals surface area contributed by atoms with Gasteiger partial charge in [-0.15, -0.1) is 0 Å². The first-order valence-electron chi connectivity index (χ1n) is 5.48. The summed E-state index contributed by atoms with van der Waals surface area (Å²) >= 11 is 0.